The molecule has 0 spiro atoms. The number of nitrogens with zero attached hydrogens (tertiary/aromatic N) is 1. The van der Waals surface area contributed by atoms with Crippen LogP contribution in [0.3, 0.4) is 0 Å². The predicted octanol–water partition coefficient (Wildman–Crippen LogP) is 2.43. The van der Waals surface area contributed by atoms with Crippen molar-refractivity contribution < 1.29 is 14.8 Å². The number of hydrogen-bond acceptors (Lipinski definition) is 3. The minimum Gasteiger partial charge on any atom is -0.494 e. The zero-order valence-corrected chi connectivity index (χ0v) is 16.1. The Morgan fingerprint density at radius 2 is 1.90 bits per heavy atom. The second-order valence-electron chi connectivity index (χ2n) is 7.12. The summed E-state index contributed by atoms with van der Waals surface area (Å²) in [5.41, 5.74) is 3.32. The molecule has 1 aliphatic rings. The molecule has 0 saturated carbocycles. The number of hydrogen-bond donors (Lipinski definition) is 4. The molecule has 1 aliphatic heterocycles. The molecule has 0 radical (unpaired) electrons. The normalized spacial score (nSPS) is 16.1. The maximum atomic E-state index is 13.3. The van der Waals surface area contributed by atoms with Gasteiger partial charge in [-0.05, 0) is 48.1 Å². The summed E-state index contributed by atoms with van der Waals surface area (Å²) in [5, 5.41) is 14.2. The SMILES string of the molecule is O=c1[nH]c(=S)n(-c2ccc(F)cc2)c(O)c1[C@@H]1[NH2+]CCc2c1[nH]c1ccccc21. The number of halogens is 1. The summed E-state index contributed by atoms with van der Waals surface area (Å²) < 4.78 is 14.7. The van der Waals surface area contributed by atoms with Crippen LogP contribution in [-0.4, -0.2) is 26.2 Å². The summed E-state index contributed by atoms with van der Waals surface area (Å²) in [7, 11) is 0. The van der Waals surface area contributed by atoms with Crippen LogP contribution >= 0.6 is 12.2 Å². The lowest BCUT2D eigenvalue weighted by Gasteiger charge is -2.22. The lowest BCUT2D eigenvalue weighted by atomic mass is 9.95. The Morgan fingerprint density at radius 1 is 1.14 bits per heavy atom. The summed E-state index contributed by atoms with van der Waals surface area (Å²) >= 11 is 5.27. The average Bonchev–Trinajstić information content (AvgIpc) is 3.09. The molecule has 1 atom stereocenters. The van der Waals surface area contributed by atoms with E-state index in [0.717, 1.165) is 35.1 Å². The number of quaternary nitrogens is 1. The van der Waals surface area contributed by atoms with Gasteiger partial charge in [0.05, 0.1) is 17.9 Å². The second kappa shape index (κ2) is 6.68. The largest absolute Gasteiger partial charge is 0.494 e. The van der Waals surface area contributed by atoms with Crippen molar-refractivity contribution in [2.75, 3.05) is 6.54 Å². The van der Waals surface area contributed by atoms with Gasteiger partial charge < -0.3 is 15.4 Å². The van der Waals surface area contributed by atoms with Crippen molar-refractivity contribution >= 4 is 23.1 Å². The third kappa shape index (κ3) is 2.80. The number of aromatic nitrogens is 3. The van der Waals surface area contributed by atoms with Crippen LogP contribution in [0.25, 0.3) is 16.6 Å². The van der Waals surface area contributed by atoms with Crippen molar-refractivity contribution in [3.63, 3.8) is 0 Å². The van der Waals surface area contributed by atoms with E-state index in [-0.39, 0.29) is 16.2 Å². The highest BCUT2D eigenvalue weighted by molar-refractivity contribution is 7.71. The highest BCUT2D eigenvalue weighted by Crippen LogP contribution is 2.33. The molecule has 5 rings (SSSR count). The van der Waals surface area contributed by atoms with Crippen LogP contribution in [0.2, 0.25) is 0 Å². The van der Waals surface area contributed by atoms with E-state index in [9.17, 15) is 14.3 Å². The minimum absolute atomic E-state index is 0.0514. The second-order valence-corrected chi connectivity index (χ2v) is 7.51. The minimum atomic E-state index is -0.432. The molecular formula is C21H18FN4O2S+. The lowest BCUT2D eigenvalue weighted by Crippen LogP contribution is -2.87. The topological polar surface area (TPSA) is 90.4 Å². The Morgan fingerprint density at radius 3 is 2.69 bits per heavy atom. The fraction of sp³-hybridized carbons (Fsp3) is 0.143. The van der Waals surface area contributed by atoms with E-state index >= 15 is 0 Å². The standard InChI is InChI=1S/C21H17FN4O2S/c22-11-5-7-12(8-6-11)26-20(28)16(19(27)25-21(26)29)18-17-14(9-10-23-18)13-3-1-2-4-15(13)24-17/h1-8,18,23-24,28H,9-10H2,(H,25,27,29)/p+1/t18-/m0/s1. The first-order valence-corrected chi connectivity index (χ1v) is 9.72. The number of rotatable bonds is 2. The number of aromatic hydroxyl groups is 1. The Kier molecular flexibility index (Phi) is 4.11. The van der Waals surface area contributed by atoms with Crippen LogP contribution in [0.4, 0.5) is 4.39 Å². The number of fused-ring (bicyclic) bond motifs is 3. The highest BCUT2D eigenvalue weighted by Gasteiger charge is 2.34. The molecule has 0 fully saturated rings. The Labute approximate surface area is 169 Å². The lowest BCUT2D eigenvalue weighted by molar-refractivity contribution is -0.690. The van der Waals surface area contributed by atoms with Crippen molar-refractivity contribution in [3.8, 4) is 11.6 Å². The van der Waals surface area contributed by atoms with E-state index < -0.39 is 17.4 Å². The molecule has 0 bridgehead atoms. The van der Waals surface area contributed by atoms with Gasteiger partial charge >= 0.3 is 0 Å². The molecule has 0 saturated heterocycles. The Balaban J connectivity index is 1.74. The van der Waals surface area contributed by atoms with E-state index in [2.05, 4.69) is 16.0 Å². The molecule has 0 unspecified atom stereocenters. The number of nitrogens with two attached hydrogens (primary N) is 1. The monoisotopic (exact) mass is 409 g/mol. The van der Waals surface area contributed by atoms with Crippen LogP contribution in [0, 0.1) is 10.6 Å². The number of benzene rings is 2. The zero-order valence-electron chi connectivity index (χ0n) is 15.3. The van der Waals surface area contributed by atoms with Crippen LogP contribution in [-0.2, 0) is 6.42 Å². The maximum Gasteiger partial charge on any atom is 0.265 e. The van der Waals surface area contributed by atoms with Crippen molar-refractivity contribution in [3.05, 3.63) is 86.3 Å². The summed E-state index contributed by atoms with van der Waals surface area (Å²) in [6.45, 7) is 0.782. The van der Waals surface area contributed by atoms with Gasteiger partial charge in [0.1, 0.15) is 11.4 Å². The molecule has 4 aromatic rings. The molecule has 6 nitrogen and oxygen atoms in total. The van der Waals surface area contributed by atoms with Crippen LogP contribution < -0.4 is 10.9 Å². The van der Waals surface area contributed by atoms with Gasteiger partial charge in [0.15, 0.2) is 10.8 Å². The fourth-order valence-electron chi connectivity index (χ4n) is 4.18. The van der Waals surface area contributed by atoms with Crippen molar-refractivity contribution in [1.29, 1.82) is 0 Å². The quantitative estimate of drug-likeness (QED) is 0.383. The number of H-pyrrole nitrogens is 2. The van der Waals surface area contributed by atoms with E-state index in [4.69, 9.17) is 12.2 Å². The van der Waals surface area contributed by atoms with Gasteiger partial charge in [-0.1, -0.05) is 18.2 Å². The third-order valence-corrected chi connectivity index (χ3v) is 5.76. The summed E-state index contributed by atoms with van der Waals surface area (Å²) in [5.74, 6) is -0.633. The molecule has 0 amide bonds. The van der Waals surface area contributed by atoms with E-state index in [1.165, 1.54) is 28.8 Å². The molecule has 2 aromatic carbocycles. The van der Waals surface area contributed by atoms with Gasteiger partial charge in [-0.15, -0.1) is 0 Å². The Bertz CT molecular complexity index is 1350. The third-order valence-electron chi connectivity index (χ3n) is 5.47. The predicted molar refractivity (Wildman–Crippen MR) is 109 cm³/mol. The van der Waals surface area contributed by atoms with Crippen LogP contribution in [0.15, 0.2) is 53.3 Å². The van der Waals surface area contributed by atoms with Gasteiger partial charge in [0.2, 0.25) is 5.88 Å². The highest BCUT2D eigenvalue weighted by atomic mass is 32.1. The molecule has 29 heavy (non-hydrogen) atoms. The average molecular weight is 409 g/mol. The summed E-state index contributed by atoms with van der Waals surface area (Å²) in [6, 6.07) is 13.2. The molecule has 146 valence electrons. The van der Waals surface area contributed by atoms with Gasteiger partial charge in [-0.2, -0.15) is 0 Å². The smallest absolute Gasteiger partial charge is 0.265 e. The first-order chi connectivity index (χ1) is 14.0. The molecule has 8 heteroatoms. The fourth-order valence-corrected chi connectivity index (χ4v) is 4.46. The summed E-state index contributed by atoms with van der Waals surface area (Å²) in [4.78, 5) is 18.9. The first-order valence-electron chi connectivity index (χ1n) is 9.31. The first kappa shape index (κ1) is 17.8. The van der Waals surface area contributed by atoms with Crippen molar-refractivity contribution in [1.82, 2.24) is 14.5 Å². The molecule has 2 aromatic heterocycles. The van der Waals surface area contributed by atoms with Gasteiger partial charge in [0.25, 0.3) is 5.56 Å². The molecular weight excluding hydrogens is 391 g/mol. The molecule has 5 N–H and O–H groups in total. The van der Waals surface area contributed by atoms with Crippen LogP contribution in [0.5, 0.6) is 5.88 Å². The summed E-state index contributed by atoms with van der Waals surface area (Å²) in [6.07, 6.45) is 0.867. The van der Waals surface area contributed by atoms with E-state index in [1.54, 1.807) is 0 Å². The van der Waals surface area contributed by atoms with Crippen LogP contribution in [0.1, 0.15) is 22.9 Å². The van der Waals surface area contributed by atoms with E-state index in [1.807, 2.05) is 23.5 Å². The molecule has 3 heterocycles. The zero-order chi connectivity index (χ0) is 20.1. The van der Waals surface area contributed by atoms with Gasteiger partial charge in [-0.3, -0.25) is 14.3 Å². The van der Waals surface area contributed by atoms with E-state index in [0.29, 0.717) is 5.69 Å². The van der Waals surface area contributed by atoms with Gasteiger partial charge in [-0.25, -0.2) is 4.39 Å². The number of aromatic amines is 2. The van der Waals surface area contributed by atoms with Gasteiger partial charge in [0, 0.05) is 17.3 Å². The maximum absolute atomic E-state index is 13.3. The number of nitrogens with one attached hydrogen (secondary N) is 2. The molecule has 0 aliphatic carbocycles. The van der Waals surface area contributed by atoms with Crippen molar-refractivity contribution in [2.24, 2.45) is 0 Å². The number of para-hydroxylation sites is 1. The van der Waals surface area contributed by atoms with Crippen molar-refractivity contribution in [2.45, 2.75) is 12.5 Å². The Hall–Kier alpha value is -3.23.